The number of aromatic nitrogens is 1. The zero-order valence-corrected chi connectivity index (χ0v) is 18.3. The van der Waals surface area contributed by atoms with E-state index in [4.69, 9.17) is 16.3 Å². The Morgan fingerprint density at radius 2 is 1.90 bits per heavy atom. The van der Waals surface area contributed by atoms with Gasteiger partial charge in [0, 0.05) is 34.1 Å². The maximum atomic E-state index is 13.5. The predicted molar refractivity (Wildman–Crippen MR) is 117 cm³/mol. The van der Waals surface area contributed by atoms with Crippen LogP contribution in [-0.4, -0.2) is 23.4 Å². The van der Waals surface area contributed by atoms with Crippen LogP contribution in [0.25, 0.3) is 10.9 Å². The summed E-state index contributed by atoms with van der Waals surface area (Å²) in [6.45, 7) is 6.17. The minimum absolute atomic E-state index is 0.0539. The molecule has 0 saturated heterocycles. The highest BCUT2D eigenvalue weighted by atomic mass is 35.5. The molecule has 3 aromatic rings. The Kier molecular flexibility index (Phi) is 6.61. The average Bonchev–Trinajstić information content (AvgIpc) is 3.01. The van der Waals surface area contributed by atoms with Gasteiger partial charge in [0.05, 0.1) is 18.2 Å². The summed E-state index contributed by atoms with van der Waals surface area (Å²) in [5, 5.41) is 1.11. The van der Waals surface area contributed by atoms with E-state index in [2.05, 4.69) is 6.92 Å². The number of esters is 1. The van der Waals surface area contributed by atoms with Gasteiger partial charge >= 0.3 is 5.97 Å². The first kappa shape index (κ1) is 22.0. The summed E-state index contributed by atoms with van der Waals surface area (Å²) in [5.74, 6) is -0.968. The van der Waals surface area contributed by atoms with Crippen molar-refractivity contribution in [3.8, 4) is 0 Å². The second-order valence-corrected chi connectivity index (χ2v) is 8.04. The third-order valence-electron chi connectivity index (χ3n) is 5.19. The molecule has 0 atom stereocenters. The van der Waals surface area contributed by atoms with E-state index >= 15 is 0 Å². The van der Waals surface area contributed by atoms with Gasteiger partial charge in [-0.2, -0.15) is 0 Å². The number of Topliss-reactive ketones (excluding diaryl/α,β-unsaturated/α-hetero) is 1. The Labute approximate surface area is 180 Å². The summed E-state index contributed by atoms with van der Waals surface area (Å²) in [5.41, 5.74) is 3.47. The van der Waals surface area contributed by atoms with Crippen molar-refractivity contribution in [1.82, 2.24) is 4.57 Å². The van der Waals surface area contributed by atoms with Crippen molar-refractivity contribution in [2.45, 2.75) is 40.2 Å². The standard InChI is InChI=1S/C24H25ClFNO3/c1-5-6-20-22(23(28)14(2)3)18-10-8-15(24(29)30-4)11-21(18)27(20)13-16-7-9-17(26)12-19(16)25/h7-12,14H,5-6,13H2,1-4H3. The molecule has 1 heterocycles. The number of ether oxygens (including phenoxy) is 1. The first-order chi connectivity index (χ1) is 14.3. The molecular weight excluding hydrogens is 405 g/mol. The minimum atomic E-state index is -0.446. The number of methoxy groups -OCH3 is 1. The van der Waals surface area contributed by atoms with Crippen LogP contribution in [0.1, 0.15) is 59.2 Å². The predicted octanol–water partition coefficient (Wildman–Crippen LogP) is 6.06. The number of hydrogen-bond donors (Lipinski definition) is 0. The number of ketones is 1. The molecule has 0 spiro atoms. The highest BCUT2D eigenvalue weighted by Crippen LogP contribution is 2.32. The largest absolute Gasteiger partial charge is 0.465 e. The van der Waals surface area contributed by atoms with Crippen molar-refractivity contribution in [3.05, 3.63) is 69.6 Å². The van der Waals surface area contributed by atoms with Gasteiger partial charge in [0.2, 0.25) is 0 Å². The molecule has 158 valence electrons. The smallest absolute Gasteiger partial charge is 0.337 e. The SMILES string of the molecule is CCCc1c(C(=O)C(C)C)c2ccc(C(=O)OC)cc2n1Cc1ccc(F)cc1Cl. The van der Waals surface area contributed by atoms with Crippen molar-refractivity contribution < 1.29 is 18.7 Å². The highest BCUT2D eigenvalue weighted by molar-refractivity contribution is 6.31. The third kappa shape index (κ3) is 4.12. The second-order valence-electron chi connectivity index (χ2n) is 7.64. The number of halogens is 2. The number of benzene rings is 2. The summed E-state index contributed by atoms with van der Waals surface area (Å²) in [4.78, 5) is 25.2. The third-order valence-corrected chi connectivity index (χ3v) is 5.55. The quantitative estimate of drug-likeness (QED) is 0.339. The molecule has 4 nitrogen and oxygen atoms in total. The van der Waals surface area contributed by atoms with Crippen LogP contribution in [0.4, 0.5) is 4.39 Å². The lowest BCUT2D eigenvalue weighted by molar-refractivity contribution is 0.0600. The van der Waals surface area contributed by atoms with E-state index in [-0.39, 0.29) is 11.7 Å². The van der Waals surface area contributed by atoms with Gasteiger partial charge in [-0.3, -0.25) is 4.79 Å². The minimum Gasteiger partial charge on any atom is -0.465 e. The van der Waals surface area contributed by atoms with Gasteiger partial charge in [-0.15, -0.1) is 0 Å². The van der Waals surface area contributed by atoms with Crippen LogP contribution in [0.3, 0.4) is 0 Å². The molecule has 0 aliphatic heterocycles. The molecule has 0 aliphatic carbocycles. The van der Waals surface area contributed by atoms with Gasteiger partial charge in [0.1, 0.15) is 5.82 Å². The number of fused-ring (bicyclic) bond motifs is 1. The van der Waals surface area contributed by atoms with Gasteiger partial charge in [-0.1, -0.05) is 50.9 Å². The molecule has 3 rings (SSSR count). The molecule has 1 aromatic heterocycles. The summed E-state index contributed by atoms with van der Waals surface area (Å²) >= 11 is 6.29. The normalized spacial score (nSPS) is 11.3. The van der Waals surface area contributed by atoms with Crippen LogP contribution in [0.15, 0.2) is 36.4 Å². The second kappa shape index (κ2) is 9.00. The number of carbonyl (C=O) groups excluding carboxylic acids is 2. The summed E-state index contributed by atoms with van der Waals surface area (Å²) in [6, 6.07) is 9.52. The Bertz CT molecular complexity index is 1120. The van der Waals surface area contributed by atoms with E-state index < -0.39 is 11.8 Å². The molecule has 6 heteroatoms. The van der Waals surface area contributed by atoms with Crippen LogP contribution in [-0.2, 0) is 17.7 Å². The van der Waals surface area contributed by atoms with E-state index in [0.717, 1.165) is 28.6 Å². The van der Waals surface area contributed by atoms with E-state index in [1.54, 1.807) is 24.3 Å². The Hall–Kier alpha value is -2.66. The molecule has 30 heavy (non-hydrogen) atoms. The zero-order valence-electron chi connectivity index (χ0n) is 17.6. The van der Waals surface area contributed by atoms with Crippen molar-refractivity contribution >= 4 is 34.3 Å². The van der Waals surface area contributed by atoms with Crippen molar-refractivity contribution in [3.63, 3.8) is 0 Å². The van der Waals surface area contributed by atoms with Crippen LogP contribution < -0.4 is 0 Å². The fraction of sp³-hybridized carbons (Fsp3) is 0.333. The number of nitrogens with zero attached hydrogens (tertiary/aromatic N) is 1. The molecule has 0 amide bonds. The molecule has 0 saturated carbocycles. The first-order valence-corrected chi connectivity index (χ1v) is 10.4. The van der Waals surface area contributed by atoms with Crippen LogP contribution in [0.5, 0.6) is 0 Å². The topological polar surface area (TPSA) is 48.3 Å². The first-order valence-electron chi connectivity index (χ1n) is 10.00. The van der Waals surface area contributed by atoms with Crippen molar-refractivity contribution in [1.29, 1.82) is 0 Å². The molecule has 0 N–H and O–H groups in total. The van der Waals surface area contributed by atoms with Crippen molar-refractivity contribution in [2.24, 2.45) is 5.92 Å². The van der Waals surface area contributed by atoms with Gasteiger partial charge in [0.25, 0.3) is 0 Å². The number of rotatable bonds is 7. The Morgan fingerprint density at radius 1 is 1.17 bits per heavy atom. The lowest BCUT2D eigenvalue weighted by Crippen LogP contribution is -2.12. The van der Waals surface area contributed by atoms with Gasteiger partial charge < -0.3 is 9.30 Å². The van der Waals surface area contributed by atoms with E-state index in [1.165, 1.54) is 19.2 Å². The molecule has 0 radical (unpaired) electrons. The monoisotopic (exact) mass is 429 g/mol. The highest BCUT2D eigenvalue weighted by Gasteiger charge is 2.25. The molecule has 0 unspecified atom stereocenters. The maximum Gasteiger partial charge on any atom is 0.337 e. The van der Waals surface area contributed by atoms with Crippen LogP contribution in [0.2, 0.25) is 5.02 Å². The van der Waals surface area contributed by atoms with E-state index in [0.29, 0.717) is 29.1 Å². The molecule has 0 fully saturated rings. The fourth-order valence-electron chi connectivity index (χ4n) is 3.71. The summed E-state index contributed by atoms with van der Waals surface area (Å²) in [7, 11) is 1.33. The lowest BCUT2D eigenvalue weighted by atomic mass is 9.96. The number of carbonyl (C=O) groups is 2. The van der Waals surface area contributed by atoms with Crippen molar-refractivity contribution in [2.75, 3.05) is 7.11 Å². The molecule has 0 bridgehead atoms. The average molecular weight is 430 g/mol. The fourth-order valence-corrected chi connectivity index (χ4v) is 3.94. The Morgan fingerprint density at radius 3 is 2.50 bits per heavy atom. The van der Waals surface area contributed by atoms with E-state index in [1.807, 2.05) is 18.4 Å². The van der Waals surface area contributed by atoms with E-state index in [9.17, 15) is 14.0 Å². The van der Waals surface area contributed by atoms with Crippen LogP contribution in [0, 0.1) is 11.7 Å². The zero-order chi connectivity index (χ0) is 22.0. The van der Waals surface area contributed by atoms with Gasteiger partial charge in [0.15, 0.2) is 5.78 Å². The van der Waals surface area contributed by atoms with Gasteiger partial charge in [-0.05, 0) is 36.2 Å². The summed E-state index contributed by atoms with van der Waals surface area (Å²) < 4.78 is 20.4. The molecule has 2 aromatic carbocycles. The molecule has 0 aliphatic rings. The maximum absolute atomic E-state index is 13.5. The summed E-state index contributed by atoms with van der Waals surface area (Å²) in [6.07, 6.45) is 1.53. The van der Waals surface area contributed by atoms with Gasteiger partial charge in [-0.25, -0.2) is 9.18 Å². The van der Waals surface area contributed by atoms with Crippen LogP contribution >= 0.6 is 11.6 Å². The molecular formula is C24H25ClFNO3. The number of hydrogen-bond acceptors (Lipinski definition) is 3. The lowest BCUT2D eigenvalue weighted by Gasteiger charge is -2.14. The Balaban J connectivity index is 2.31.